The summed E-state index contributed by atoms with van der Waals surface area (Å²) in [5, 5.41) is 15.7. The zero-order valence-electron chi connectivity index (χ0n) is 17.5. The van der Waals surface area contributed by atoms with Crippen LogP contribution in [0.1, 0.15) is 26.3 Å². The number of aromatic carboxylic acids is 1. The van der Waals surface area contributed by atoms with Gasteiger partial charge in [0.2, 0.25) is 5.91 Å². The van der Waals surface area contributed by atoms with Crippen molar-refractivity contribution in [2.75, 3.05) is 10.6 Å². The molecule has 166 valence electrons. The van der Waals surface area contributed by atoms with E-state index >= 15 is 0 Å². The highest BCUT2D eigenvalue weighted by molar-refractivity contribution is 6.12. The molecule has 0 aliphatic carbocycles. The van der Waals surface area contributed by atoms with Gasteiger partial charge >= 0.3 is 5.97 Å². The molecule has 6 N–H and O–H groups in total. The number of anilines is 2. The van der Waals surface area contributed by atoms with Crippen molar-refractivity contribution in [2.24, 2.45) is 5.73 Å². The van der Waals surface area contributed by atoms with Crippen molar-refractivity contribution in [1.29, 1.82) is 0 Å². The van der Waals surface area contributed by atoms with E-state index < -0.39 is 23.8 Å². The molecule has 1 aromatic heterocycles. The Morgan fingerprint density at radius 2 is 1.45 bits per heavy atom. The first kappa shape index (κ1) is 21.8. The molecule has 1 heterocycles. The topological polar surface area (TPSA) is 137 Å². The second-order valence-corrected chi connectivity index (χ2v) is 7.51. The maximum atomic E-state index is 12.9. The van der Waals surface area contributed by atoms with E-state index in [9.17, 15) is 19.5 Å². The second-order valence-electron chi connectivity index (χ2n) is 7.51. The first-order chi connectivity index (χ1) is 15.9. The highest BCUT2D eigenvalue weighted by Crippen LogP contribution is 2.22. The van der Waals surface area contributed by atoms with Crippen LogP contribution in [0.4, 0.5) is 11.4 Å². The molecule has 0 spiro atoms. The Hall–Kier alpha value is -4.43. The summed E-state index contributed by atoms with van der Waals surface area (Å²) < 4.78 is 0. The molecule has 1 atom stereocenters. The molecule has 4 aromatic rings. The van der Waals surface area contributed by atoms with Gasteiger partial charge in [-0.05, 0) is 42.3 Å². The lowest BCUT2D eigenvalue weighted by atomic mass is 10.0. The molecule has 0 aliphatic rings. The number of carboxylic acid groups (broad SMARTS) is 1. The highest BCUT2D eigenvalue weighted by Gasteiger charge is 2.20. The molecular weight excluding hydrogens is 420 g/mol. The molecule has 4 rings (SSSR count). The Balaban J connectivity index is 1.49. The number of nitrogens with one attached hydrogen (secondary N) is 3. The van der Waals surface area contributed by atoms with Crippen molar-refractivity contribution in [3.8, 4) is 0 Å². The highest BCUT2D eigenvalue weighted by atomic mass is 16.4. The van der Waals surface area contributed by atoms with E-state index in [2.05, 4.69) is 15.6 Å². The molecule has 0 saturated carbocycles. The summed E-state index contributed by atoms with van der Waals surface area (Å²) in [6, 6.07) is 19.5. The monoisotopic (exact) mass is 442 g/mol. The number of amides is 2. The van der Waals surface area contributed by atoms with Crippen molar-refractivity contribution < 1.29 is 19.5 Å². The number of H-pyrrole nitrogens is 1. The predicted molar refractivity (Wildman–Crippen MR) is 126 cm³/mol. The maximum Gasteiger partial charge on any atom is 0.337 e. The van der Waals surface area contributed by atoms with Crippen LogP contribution in [-0.2, 0) is 11.2 Å². The molecule has 0 radical (unpaired) electrons. The van der Waals surface area contributed by atoms with Gasteiger partial charge < -0.3 is 26.5 Å². The molecule has 0 unspecified atom stereocenters. The number of para-hydroxylation sites is 3. The van der Waals surface area contributed by atoms with E-state index in [0.29, 0.717) is 6.42 Å². The number of aromatic amines is 1. The number of hydrogen-bond donors (Lipinski definition) is 5. The van der Waals surface area contributed by atoms with Gasteiger partial charge in [0, 0.05) is 17.1 Å². The number of fused-ring (bicyclic) bond motifs is 1. The average molecular weight is 442 g/mol. The van der Waals surface area contributed by atoms with Gasteiger partial charge in [-0.1, -0.05) is 42.5 Å². The third-order valence-corrected chi connectivity index (χ3v) is 5.29. The fourth-order valence-electron chi connectivity index (χ4n) is 3.61. The Morgan fingerprint density at radius 3 is 2.18 bits per heavy atom. The largest absolute Gasteiger partial charge is 0.478 e. The van der Waals surface area contributed by atoms with Gasteiger partial charge in [-0.2, -0.15) is 0 Å². The molecule has 2 amide bonds. The van der Waals surface area contributed by atoms with Gasteiger partial charge in [0.1, 0.15) is 0 Å². The van der Waals surface area contributed by atoms with Crippen molar-refractivity contribution in [1.82, 2.24) is 4.98 Å². The van der Waals surface area contributed by atoms with Crippen LogP contribution >= 0.6 is 0 Å². The minimum absolute atomic E-state index is 0.0341. The third-order valence-electron chi connectivity index (χ3n) is 5.29. The van der Waals surface area contributed by atoms with Crippen LogP contribution in [0.3, 0.4) is 0 Å². The minimum Gasteiger partial charge on any atom is -0.478 e. The van der Waals surface area contributed by atoms with E-state index in [0.717, 1.165) is 16.5 Å². The van der Waals surface area contributed by atoms with Crippen LogP contribution in [0.2, 0.25) is 0 Å². The average Bonchev–Trinajstić information content (AvgIpc) is 3.22. The normalized spacial score (nSPS) is 11.7. The number of benzene rings is 3. The number of hydrogen-bond acceptors (Lipinski definition) is 4. The predicted octanol–water partition coefficient (Wildman–Crippen LogP) is 3.63. The summed E-state index contributed by atoms with van der Waals surface area (Å²) in [5.74, 6) is -2.15. The summed E-state index contributed by atoms with van der Waals surface area (Å²) in [4.78, 5) is 40.2. The SMILES string of the molecule is N[C@H](Cc1c[nH]c2ccccc12)C(=O)Nc1ccccc1C(=O)Nc1ccccc1C(=O)O. The smallest absolute Gasteiger partial charge is 0.337 e. The number of nitrogens with two attached hydrogens (primary N) is 1. The summed E-state index contributed by atoms with van der Waals surface area (Å²) >= 11 is 0. The van der Waals surface area contributed by atoms with Gasteiger partial charge in [-0.25, -0.2) is 4.79 Å². The minimum atomic E-state index is -1.16. The molecule has 0 bridgehead atoms. The zero-order valence-corrected chi connectivity index (χ0v) is 17.5. The third kappa shape index (κ3) is 4.76. The number of carbonyl (C=O) groups excluding carboxylic acids is 2. The Labute approximate surface area is 189 Å². The van der Waals surface area contributed by atoms with Crippen molar-refractivity contribution in [2.45, 2.75) is 12.5 Å². The standard InChI is InChI=1S/C25H22N4O4/c26-19(13-15-14-27-20-10-4-1-7-16(15)20)24(31)29-21-11-5-2-8-17(21)23(30)28-22-12-6-3-9-18(22)25(32)33/h1-12,14,19,27H,13,26H2,(H,28,30)(H,29,31)(H,32,33)/t19-/m1/s1. The van der Waals surface area contributed by atoms with Gasteiger partial charge in [0.25, 0.3) is 5.91 Å². The van der Waals surface area contributed by atoms with Gasteiger partial charge in [0.15, 0.2) is 0 Å². The summed E-state index contributed by atoms with van der Waals surface area (Å²) in [7, 11) is 0. The molecule has 0 saturated heterocycles. The molecule has 8 nitrogen and oxygen atoms in total. The van der Waals surface area contributed by atoms with E-state index in [1.807, 2.05) is 30.5 Å². The number of aromatic nitrogens is 1. The number of carboxylic acids is 1. The van der Waals surface area contributed by atoms with Crippen LogP contribution in [-0.4, -0.2) is 33.9 Å². The van der Waals surface area contributed by atoms with Crippen molar-refractivity contribution in [3.05, 3.63) is 95.7 Å². The van der Waals surface area contributed by atoms with Crippen LogP contribution < -0.4 is 16.4 Å². The molecular formula is C25H22N4O4. The van der Waals surface area contributed by atoms with Gasteiger partial charge in [-0.15, -0.1) is 0 Å². The lowest BCUT2D eigenvalue weighted by Gasteiger charge is -2.15. The van der Waals surface area contributed by atoms with Crippen LogP contribution in [0, 0.1) is 0 Å². The second kappa shape index (κ2) is 9.37. The molecule has 33 heavy (non-hydrogen) atoms. The molecule has 0 fully saturated rings. The lowest BCUT2D eigenvalue weighted by molar-refractivity contribution is -0.117. The van der Waals surface area contributed by atoms with E-state index in [1.165, 1.54) is 12.1 Å². The molecule has 3 aromatic carbocycles. The quantitative estimate of drug-likeness (QED) is 0.298. The van der Waals surface area contributed by atoms with Crippen LogP contribution in [0.5, 0.6) is 0 Å². The van der Waals surface area contributed by atoms with E-state index in [4.69, 9.17) is 5.73 Å². The van der Waals surface area contributed by atoms with Crippen molar-refractivity contribution in [3.63, 3.8) is 0 Å². The van der Waals surface area contributed by atoms with Crippen LogP contribution in [0.25, 0.3) is 10.9 Å². The first-order valence-electron chi connectivity index (χ1n) is 10.3. The van der Waals surface area contributed by atoms with Gasteiger partial charge in [0.05, 0.1) is 28.5 Å². The lowest BCUT2D eigenvalue weighted by Crippen LogP contribution is -2.37. The fraction of sp³-hybridized carbons (Fsp3) is 0.0800. The zero-order chi connectivity index (χ0) is 23.4. The molecule has 0 aliphatic heterocycles. The summed E-state index contributed by atoms with van der Waals surface area (Å²) in [6.45, 7) is 0. The number of carbonyl (C=O) groups is 3. The van der Waals surface area contributed by atoms with E-state index in [-0.39, 0.29) is 22.5 Å². The first-order valence-corrected chi connectivity index (χ1v) is 10.3. The Kier molecular flexibility index (Phi) is 6.19. The van der Waals surface area contributed by atoms with Gasteiger partial charge in [-0.3, -0.25) is 9.59 Å². The maximum absolute atomic E-state index is 12.9. The Morgan fingerprint density at radius 1 is 0.848 bits per heavy atom. The van der Waals surface area contributed by atoms with E-state index in [1.54, 1.807) is 36.4 Å². The summed E-state index contributed by atoms with van der Waals surface area (Å²) in [5.41, 5.74) is 8.63. The summed E-state index contributed by atoms with van der Waals surface area (Å²) in [6.07, 6.45) is 2.15. The Bertz CT molecular complexity index is 1350. The van der Waals surface area contributed by atoms with Crippen molar-refractivity contribution >= 4 is 40.1 Å². The molecule has 8 heteroatoms. The number of rotatable bonds is 7. The fourth-order valence-corrected chi connectivity index (χ4v) is 3.61. The van der Waals surface area contributed by atoms with Crippen LogP contribution in [0.15, 0.2) is 79.0 Å².